The largest absolute Gasteiger partial charge is 0.497 e. The number of nitrogens with one attached hydrogen (secondary N) is 2. The Morgan fingerprint density at radius 3 is 2.71 bits per heavy atom. The monoisotopic (exact) mass is 324 g/mol. The van der Waals surface area contributed by atoms with Crippen molar-refractivity contribution >= 4 is 23.2 Å². The van der Waals surface area contributed by atoms with Crippen LogP contribution in [0.4, 0.5) is 11.4 Å². The Hall–Kier alpha value is -2.82. The molecule has 24 heavy (non-hydrogen) atoms. The lowest BCUT2D eigenvalue weighted by atomic mass is 10.0. The molecule has 0 saturated carbocycles. The Kier molecular flexibility index (Phi) is 4.79. The molecule has 2 amide bonds. The van der Waals surface area contributed by atoms with Crippen molar-refractivity contribution in [1.29, 1.82) is 0 Å². The number of ether oxygens (including phenoxy) is 1. The van der Waals surface area contributed by atoms with E-state index in [0.717, 1.165) is 28.3 Å². The molecular weight excluding hydrogens is 304 g/mol. The summed E-state index contributed by atoms with van der Waals surface area (Å²) in [6, 6.07) is 13.3. The fraction of sp³-hybridized carbons (Fsp3) is 0.263. The minimum absolute atomic E-state index is 0.0226. The predicted molar refractivity (Wildman–Crippen MR) is 93.3 cm³/mol. The topological polar surface area (TPSA) is 67.4 Å². The highest BCUT2D eigenvalue weighted by molar-refractivity contribution is 5.95. The molecule has 0 aliphatic carbocycles. The van der Waals surface area contributed by atoms with Crippen molar-refractivity contribution in [1.82, 2.24) is 0 Å². The van der Waals surface area contributed by atoms with Crippen LogP contribution in [0.25, 0.3) is 0 Å². The second-order valence-electron chi connectivity index (χ2n) is 5.82. The van der Waals surface area contributed by atoms with Gasteiger partial charge in [0.05, 0.1) is 7.11 Å². The number of hydrogen-bond donors (Lipinski definition) is 2. The molecule has 2 N–H and O–H groups in total. The minimum atomic E-state index is -0.0226. The van der Waals surface area contributed by atoms with Gasteiger partial charge in [0, 0.05) is 24.2 Å². The molecule has 5 heteroatoms. The molecule has 0 spiro atoms. The Labute approximate surface area is 141 Å². The van der Waals surface area contributed by atoms with Crippen LogP contribution in [-0.4, -0.2) is 18.9 Å². The van der Waals surface area contributed by atoms with Crippen LogP contribution in [0, 0.1) is 0 Å². The summed E-state index contributed by atoms with van der Waals surface area (Å²) in [7, 11) is 1.63. The maximum absolute atomic E-state index is 12.1. The van der Waals surface area contributed by atoms with Crippen molar-refractivity contribution in [3.8, 4) is 5.75 Å². The zero-order chi connectivity index (χ0) is 16.9. The van der Waals surface area contributed by atoms with E-state index in [-0.39, 0.29) is 11.8 Å². The third-order valence-electron chi connectivity index (χ3n) is 4.08. The summed E-state index contributed by atoms with van der Waals surface area (Å²) >= 11 is 0. The molecule has 2 aromatic rings. The molecule has 0 bridgehead atoms. The molecule has 0 atom stereocenters. The average molecular weight is 324 g/mol. The molecular formula is C19H20N2O3. The van der Waals surface area contributed by atoms with Crippen LogP contribution in [-0.2, 0) is 22.4 Å². The number of hydrogen-bond acceptors (Lipinski definition) is 3. The summed E-state index contributed by atoms with van der Waals surface area (Å²) in [6.45, 7) is 0. The van der Waals surface area contributed by atoms with Crippen molar-refractivity contribution < 1.29 is 14.3 Å². The smallest absolute Gasteiger partial charge is 0.224 e. The molecule has 0 unspecified atom stereocenters. The molecule has 1 aliphatic rings. The summed E-state index contributed by atoms with van der Waals surface area (Å²) in [5, 5.41) is 5.75. The molecule has 0 saturated heterocycles. The van der Waals surface area contributed by atoms with Crippen LogP contribution < -0.4 is 15.4 Å². The first-order valence-corrected chi connectivity index (χ1v) is 7.99. The molecule has 5 nitrogen and oxygen atoms in total. The number of carbonyl (C=O) groups is 2. The van der Waals surface area contributed by atoms with Crippen molar-refractivity contribution in [2.24, 2.45) is 0 Å². The lowest BCUT2D eigenvalue weighted by Crippen LogP contribution is -2.19. The molecule has 3 rings (SSSR count). The molecule has 0 radical (unpaired) electrons. The third-order valence-corrected chi connectivity index (χ3v) is 4.08. The highest BCUT2D eigenvalue weighted by atomic mass is 16.5. The van der Waals surface area contributed by atoms with Crippen molar-refractivity contribution in [2.75, 3.05) is 17.7 Å². The van der Waals surface area contributed by atoms with Gasteiger partial charge >= 0.3 is 0 Å². The Morgan fingerprint density at radius 2 is 1.96 bits per heavy atom. The van der Waals surface area contributed by atoms with Gasteiger partial charge in [0.25, 0.3) is 0 Å². The quantitative estimate of drug-likeness (QED) is 0.888. The van der Waals surface area contributed by atoms with Crippen molar-refractivity contribution in [2.45, 2.75) is 25.7 Å². The Morgan fingerprint density at radius 1 is 1.17 bits per heavy atom. The first-order valence-electron chi connectivity index (χ1n) is 7.99. The van der Waals surface area contributed by atoms with Gasteiger partial charge in [-0.15, -0.1) is 0 Å². The van der Waals surface area contributed by atoms with E-state index < -0.39 is 0 Å². The molecule has 2 aromatic carbocycles. The average Bonchev–Trinajstić information content (AvgIpc) is 2.60. The van der Waals surface area contributed by atoms with E-state index in [1.54, 1.807) is 7.11 Å². The van der Waals surface area contributed by atoms with Gasteiger partial charge in [0.15, 0.2) is 0 Å². The molecule has 0 aromatic heterocycles. The fourth-order valence-corrected chi connectivity index (χ4v) is 2.73. The van der Waals surface area contributed by atoms with Gasteiger partial charge in [0.1, 0.15) is 5.75 Å². The van der Waals surface area contributed by atoms with E-state index in [9.17, 15) is 9.59 Å². The zero-order valence-electron chi connectivity index (χ0n) is 13.6. The molecule has 124 valence electrons. The van der Waals surface area contributed by atoms with Crippen LogP contribution in [0.5, 0.6) is 5.75 Å². The standard InChI is InChI=1S/C19H20N2O3/c1-24-16-7-2-13(3-8-16)4-10-18(22)20-15-6-9-17-14(12-15)5-11-19(23)21-17/h2-3,6-9,12H,4-5,10-11H2,1H3,(H,20,22)(H,21,23). The van der Waals surface area contributed by atoms with Gasteiger partial charge in [-0.25, -0.2) is 0 Å². The van der Waals surface area contributed by atoms with Crippen molar-refractivity contribution in [3.63, 3.8) is 0 Å². The first kappa shape index (κ1) is 16.1. The summed E-state index contributed by atoms with van der Waals surface area (Å²) < 4.78 is 5.12. The van der Waals surface area contributed by atoms with Gasteiger partial charge in [-0.2, -0.15) is 0 Å². The fourth-order valence-electron chi connectivity index (χ4n) is 2.73. The van der Waals surface area contributed by atoms with Crippen LogP contribution >= 0.6 is 0 Å². The second kappa shape index (κ2) is 7.17. The maximum atomic E-state index is 12.1. The van der Waals surface area contributed by atoms with Crippen molar-refractivity contribution in [3.05, 3.63) is 53.6 Å². The molecule has 1 heterocycles. The predicted octanol–water partition coefficient (Wildman–Crippen LogP) is 3.15. The second-order valence-corrected chi connectivity index (χ2v) is 5.82. The summed E-state index contributed by atoms with van der Waals surface area (Å²) in [4.78, 5) is 23.5. The minimum Gasteiger partial charge on any atom is -0.497 e. The maximum Gasteiger partial charge on any atom is 0.224 e. The Balaban J connectivity index is 1.55. The first-order chi connectivity index (χ1) is 11.6. The molecule has 0 fully saturated rings. The van der Waals surface area contributed by atoms with Gasteiger partial charge in [-0.3, -0.25) is 9.59 Å². The van der Waals surface area contributed by atoms with Crippen LogP contribution in [0.15, 0.2) is 42.5 Å². The summed E-state index contributed by atoms with van der Waals surface area (Å²) in [5.41, 5.74) is 3.76. The van der Waals surface area contributed by atoms with Crippen LogP contribution in [0.2, 0.25) is 0 Å². The number of benzene rings is 2. The van der Waals surface area contributed by atoms with Crippen LogP contribution in [0.1, 0.15) is 24.0 Å². The van der Waals surface area contributed by atoms with E-state index in [1.165, 1.54) is 0 Å². The lowest BCUT2D eigenvalue weighted by Gasteiger charge is -2.17. The third kappa shape index (κ3) is 3.93. The highest BCUT2D eigenvalue weighted by Crippen LogP contribution is 2.25. The van der Waals surface area contributed by atoms with E-state index in [1.807, 2.05) is 42.5 Å². The number of carbonyl (C=O) groups excluding carboxylic acids is 2. The zero-order valence-corrected chi connectivity index (χ0v) is 13.6. The number of amides is 2. The van der Waals surface area contributed by atoms with E-state index in [0.29, 0.717) is 25.7 Å². The normalized spacial score (nSPS) is 13.0. The SMILES string of the molecule is COc1ccc(CCC(=O)Nc2ccc3c(c2)CCC(=O)N3)cc1. The Bertz CT molecular complexity index is 754. The summed E-state index contributed by atoms with van der Waals surface area (Å²) in [5.74, 6) is 0.828. The van der Waals surface area contributed by atoms with Gasteiger partial charge in [-0.05, 0) is 54.3 Å². The number of methoxy groups -OCH3 is 1. The number of aryl methyl sites for hydroxylation is 2. The van der Waals surface area contributed by atoms with Gasteiger partial charge in [0.2, 0.25) is 11.8 Å². The van der Waals surface area contributed by atoms with E-state index in [4.69, 9.17) is 4.74 Å². The number of anilines is 2. The lowest BCUT2D eigenvalue weighted by molar-refractivity contribution is -0.117. The van der Waals surface area contributed by atoms with Gasteiger partial charge in [-0.1, -0.05) is 12.1 Å². The summed E-state index contributed by atoms with van der Waals surface area (Å²) in [6.07, 6.45) is 2.29. The van der Waals surface area contributed by atoms with E-state index >= 15 is 0 Å². The highest BCUT2D eigenvalue weighted by Gasteiger charge is 2.15. The van der Waals surface area contributed by atoms with Gasteiger partial charge < -0.3 is 15.4 Å². The number of fused-ring (bicyclic) bond motifs is 1. The number of rotatable bonds is 5. The van der Waals surface area contributed by atoms with Crippen LogP contribution in [0.3, 0.4) is 0 Å². The molecule has 1 aliphatic heterocycles. The van der Waals surface area contributed by atoms with E-state index in [2.05, 4.69) is 10.6 Å².